The Bertz CT molecular complexity index is 398. The van der Waals surface area contributed by atoms with Gasteiger partial charge >= 0.3 is 0 Å². The predicted molar refractivity (Wildman–Crippen MR) is 87.5 cm³/mol. The molecule has 21 heavy (non-hydrogen) atoms. The molecule has 7 heteroatoms. The summed E-state index contributed by atoms with van der Waals surface area (Å²) in [5.41, 5.74) is 0. The van der Waals surface area contributed by atoms with Gasteiger partial charge in [-0.2, -0.15) is 17.0 Å². The molecule has 0 aliphatic carbocycles. The van der Waals surface area contributed by atoms with Gasteiger partial charge in [0.15, 0.2) is 0 Å². The van der Waals surface area contributed by atoms with E-state index in [-0.39, 0.29) is 0 Å². The van der Waals surface area contributed by atoms with Gasteiger partial charge in [0.25, 0.3) is 10.2 Å². The Balaban J connectivity index is 2.57. The Morgan fingerprint density at radius 1 is 1.24 bits per heavy atom. The first kappa shape index (κ1) is 18.8. The van der Waals surface area contributed by atoms with E-state index in [0.29, 0.717) is 31.6 Å². The van der Waals surface area contributed by atoms with Crippen LogP contribution in [0.3, 0.4) is 0 Å². The molecule has 0 saturated carbocycles. The van der Waals surface area contributed by atoms with Crippen molar-refractivity contribution in [3.63, 3.8) is 0 Å². The molecule has 1 aliphatic heterocycles. The van der Waals surface area contributed by atoms with Crippen molar-refractivity contribution in [3.05, 3.63) is 0 Å². The Morgan fingerprint density at radius 3 is 2.48 bits per heavy atom. The molecule has 6 nitrogen and oxygen atoms in total. The van der Waals surface area contributed by atoms with Gasteiger partial charge in [-0.15, -0.1) is 0 Å². The number of hydrogen-bond donors (Lipinski definition) is 1. The molecule has 1 unspecified atom stereocenters. The third-order valence-electron chi connectivity index (χ3n) is 3.88. The van der Waals surface area contributed by atoms with Gasteiger partial charge in [0.05, 0.1) is 0 Å². The van der Waals surface area contributed by atoms with Crippen LogP contribution >= 0.6 is 0 Å². The smallest absolute Gasteiger partial charge is 0.281 e. The first-order chi connectivity index (χ1) is 9.73. The van der Waals surface area contributed by atoms with Crippen molar-refractivity contribution in [1.29, 1.82) is 0 Å². The van der Waals surface area contributed by atoms with Crippen LogP contribution < -0.4 is 5.32 Å². The second-order valence-corrected chi connectivity index (χ2v) is 8.60. The fraction of sp³-hybridized carbons (Fsp3) is 1.00. The minimum absolute atomic E-state index is 0.415. The van der Waals surface area contributed by atoms with Crippen LogP contribution in [0.25, 0.3) is 0 Å². The van der Waals surface area contributed by atoms with Gasteiger partial charge in [-0.1, -0.05) is 13.8 Å². The second-order valence-electron chi connectivity index (χ2n) is 6.56. The van der Waals surface area contributed by atoms with E-state index >= 15 is 0 Å². The van der Waals surface area contributed by atoms with E-state index < -0.39 is 10.2 Å². The average molecular weight is 321 g/mol. The minimum atomic E-state index is -3.32. The standard InChI is InChI=1S/C14H32N4O2S/c1-13(2)15-11-14-7-6-8-18(12-14)21(19,20)17(5)10-9-16(3)4/h13-15H,6-12H2,1-5H3. The van der Waals surface area contributed by atoms with Crippen LogP contribution in [-0.4, -0.2) is 81.8 Å². The van der Waals surface area contributed by atoms with Crippen LogP contribution in [0, 0.1) is 5.92 Å². The van der Waals surface area contributed by atoms with Gasteiger partial charge in [0, 0.05) is 39.3 Å². The molecule has 0 bridgehead atoms. The van der Waals surface area contributed by atoms with Crippen molar-refractivity contribution in [3.8, 4) is 0 Å². The first-order valence-electron chi connectivity index (χ1n) is 7.83. The molecular formula is C14H32N4O2S. The lowest BCUT2D eigenvalue weighted by Crippen LogP contribution is -2.49. The van der Waals surface area contributed by atoms with E-state index in [2.05, 4.69) is 19.2 Å². The Kier molecular flexibility index (Phi) is 7.56. The Labute approximate surface area is 130 Å². The minimum Gasteiger partial charge on any atom is -0.314 e. The molecule has 1 saturated heterocycles. The van der Waals surface area contributed by atoms with Gasteiger partial charge < -0.3 is 10.2 Å². The van der Waals surface area contributed by atoms with Gasteiger partial charge in [0.1, 0.15) is 0 Å². The fourth-order valence-electron chi connectivity index (χ4n) is 2.46. The SMILES string of the molecule is CC(C)NCC1CCCN(S(=O)(=O)N(C)CCN(C)C)C1. The highest BCUT2D eigenvalue weighted by atomic mass is 32.2. The molecule has 1 rings (SSSR count). The predicted octanol–water partition coefficient (Wildman–Crippen LogP) is 0.435. The molecule has 1 aliphatic rings. The van der Waals surface area contributed by atoms with Gasteiger partial charge in [0.2, 0.25) is 0 Å². The van der Waals surface area contributed by atoms with Crippen LogP contribution in [-0.2, 0) is 10.2 Å². The normalized spacial score (nSPS) is 21.6. The van der Waals surface area contributed by atoms with Crippen molar-refractivity contribution < 1.29 is 8.42 Å². The highest BCUT2D eigenvalue weighted by Crippen LogP contribution is 2.20. The molecule has 0 spiro atoms. The summed E-state index contributed by atoms with van der Waals surface area (Å²) in [4.78, 5) is 2.00. The molecule has 0 aromatic heterocycles. The van der Waals surface area contributed by atoms with Crippen molar-refractivity contribution in [1.82, 2.24) is 18.8 Å². The number of piperidine rings is 1. The number of hydrogen-bond acceptors (Lipinski definition) is 4. The topological polar surface area (TPSA) is 55.9 Å². The molecule has 1 atom stereocenters. The average Bonchev–Trinajstić information content (AvgIpc) is 2.42. The number of rotatable bonds is 8. The zero-order valence-electron chi connectivity index (χ0n) is 14.2. The van der Waals surface area contributed by atoms with Crippen LogP contribution in [0.5, 0.6) is 0 Å². The van der Waals surface area contributed by atoms with Gasteiger partial charge in [-0.3, -0.25) is 0 Å². The second kappa shape index (κ2) is 8.43. The molecule has 126 valence electrons. The quantitative estimate of drug-likeness (QED) is 0.705. The Morgan fingerprint density at radius 2 is 1.90 bits per heavy atom. The third-order valence-corrected chi connectivity index (χ3v) is 5.83. The highest BCUT2D eigenvalue weighted by molar-refractivity contribution is 7.86. The number of likely N-dealkylation sites (N-methyl/N-ethyl adjacent to an activating group) is 2. The summed E-state index contributed by atoms with van der Waals surface area (Å²) < 4.78 is 28.3. The van der Waals surface area contributed by atoms with Gasteiger partial charge in [-0.05, 0) is 39.4 Å². The maximum Gasteiger partial charge on any atom is 0.281 e. The van der Waals surface area contributed by atoms with E-state index in [1.54, 1.807) is 11.4 Å². The monoisotopic (exact) mass is 320 g/mol. The van der Waals surface area contributed by atoms with Crippen LogP contribution in [0.15, 0.2) is 0 Å². The third kappa shape index (κ3) is 6.20. The molecular weight excluding hydrogens is 288 g/mol. The summed E-state index contributed by atoms with van der Waals surface area (Å²) in [6.07, 6.45) is 2.05. The lowest BCUT2D eigenvalue weighted by Gasteiger charge is -2.35. The van der Waals surface area contributed by atoms with E-state index in [4.69, 9.17) is 0 Å². The van der Waals surface area contributed by atoms with Crippen molar-refractivity contribution in [2.75, 3.05) is 53.9 Å². The van der Waals surface area contributed by atoms with Gasteiger partial charge in [-0.25, -0.2) is 0 Å². The lowest BCUT2D eigenvalue weighted by molar-refractivity contribution is 0.240. The largest absolute Gasteiger partial charge is 0.314 e. The summed E-state index contributed by atoms with van der Waals surface area (Å²) in [6, 6.07) is 0.444. The number of nitrogens with one attached hydrogen (secondary N) is 1. The van der Waals surface area contributed by atoms with E-state index in [9.17, 15) is 8.42 Å². The summed E-state index contributed by atoms with van der Waals surface area (Å²) in [5, 5.41) is 3.41. The number of nitrogens with zero attached hydrogens (tertiary/aromatic N) is 3. The summed E-state index contributed by atoms with van der Waals surface area (Å²) in [6.45, 7) is 7.67. The molecule has 0 aromatic carbocycles. The summed E-state index contributed by atoms with van der Waals surface area (Å²) in [7, 11) is 2.27. The van der Waals surface area contributed by atoms with Crippen LogP contribution in [0.4, 0.5) is 0 Å². The fourth-order valence-corrected chi connectivity index (χ4v) is 3.92. The van der Waals surface area contributed by atoms with E-state index in [1.807, 2.05) is 19.0 Å². The first-order valence-corrected chi connectivity index (χ1v) is 9.22. The van der Waals surface area contributed by atoms with Crippen LogP contribution in [0.1, 0.15) is 26.7 Å². The van der Waals surface area contributed by atoms with Crippen molar-refractivity contribution >= 4 is 10.2 Å². The maximum atomic E-state index is 12.6. The molecule has 1 heterocycles. The Hall–Kier alpha value is -0.210. The molecule has 1 N–H and O–H groups in total. The zero-order chi connectivity index (χ0) is 16.0. The van der Waals surface area contributed by atoms with Crippen LogP contribution in [0.2, 0.25) is 0 Å². The lowest BCUT2D eigenvalue weighted by atomic mass is 9.99. The van der Waals surface area contributed by atoms with E-state index in [0.717, 1.165) is 25.9 Å². The molecule has 1 fully saturated rings. The summed E-state index contributed by atoms with van der Waals surface area (Å²) >= 11 is 0. The molecule has 0 radical (unpaired) electrons. The molecule has 0 amide bonds. The summed E-state index contributed by atoms with van der Waals surface area (Å²) in [5.74, 6) is 0.415. The van der Waals surface area contributed by atoms with Crippen molar-refractivity contribution in [2.24, 2.45) is 5.92 Å². The highest BCUT2D eigenvalue weighted by Gasteiger charge is 2.31. The van der Waals surface area contributed by atoms with E-state index in [1.165, 1.54) is 4.31 Å². The maximum absolute atomic E-state index is 12.6. The molecule has 0 aromatic rings. The zero-order valence-corrected chi connectivity index (χ0v) is 15.0. The van der Waals surface area contributed by atoms with Crippen molar-refractivity contribution in [2.45, 2.75) is 32.7 Å².